The molecule has 1 atom stereocenters. The van der Waals surface area contributed by atoms with Gasteiger partial charge in [-0.15, -0.1) is 6.58 Å². The summed E-state index contributed by atoms with van der Waals surface area (Å²) in [6.07, 6.45) is 9.66. The molecule has 3 rings (SSSR count). The lowest BCUT2D eigenvalue weighted by Gasteiger charge is -2.25. The molecule has 0 saturated carbocycles. The van der Waals surface area contributed by atoms with Gasteiger partial charge in [0.05, 0.1) is 5.69 Å². The zero-order valence-corrected chi connectivity index (χ0v) is 13.4. The number of nitrogens with one attached hydrogen (secondary N) is 1. The van der Waals surface area contributed by atoms with Crippen LogP contribution in [0.4, 0.5) is 5.82 Å². The smallest absolute Gasteiger partial charge is 0.132 e. The van der Waals surface area contributed by atoms with Crippen LogP contribution in [0.25, 0.3) is 0 Å². The maximum absolute atomic E-state index is 4.50. The van der Waals surface area contributed by atoms with Gasteiger partial charge in [0.2, 0.25) is 0 Å². The van der Waals surface area contributed by atoms with E-state index in [-0.39, 0.29) is 0 Å². The van der Waals surface area contributed by atoms with E-state index in [9.17, 15) is 0 Å². The number of anilines is 1. The van der Waals surface area contributed by atoms with Gasteiger partial charge in [-0.05, 0) is 31.0 Å². The lowest BCUT2D eigenvalue weighted by atomic mass is 9.96. The van der Waals surface area contributed by atoms with E-state index < -0.39 is 0 Å². The van der Waals surface area contributed by atoms with Gasteiger partial charge in [-0.3, -0.25) is 4.98 Å². The molecular formula is C18H23N5. The third kappa shape index (κ3) is 4.13. The van der Waals surface area contributed by atoms with E-state index in [1.54, 1.807) is 12.5 Å². The highest BCUT2D eigenvalue weighted by molar-refractivity contribution is 5.41. The van der Waals surface area contributed by atoms with E-state index in [2.05, 4.69) is 43.9 Å². The zero-order chi connectivity index (χ0) is 15.9. The van der Waals surface area contributed by atoms with Gasteiger partial charge in [0, 0.05) is 44.0 Å². The molecule has 0 radical (unpaired) electrons. The Morgan fingerprint density at radius 3 is 3.09 bits per heavy atom. The van der Waals surface area contributed by atoms with Crippen molar-refractivity contribution in [3.05, 3.63) is 60.8 Å². The molecule has 1 N–H and O–H groups in total. The van der Waals surface area contributed by atoms with Crippen LogP contribution in [0.1, 0.15) is 30.0 Å². The van der Waals surface area contributed by atoms with Crippen molar-refractivity contribution in [2.45, 2.75) is 25.3 Å². The van der Waals surface area contributed by atoms with Gasteiger partial charge in [-0.25, -0.2) is 9.97 Å². The first kappa shape index (κ1) is 15.6. The van der Waals surface area contributed by atoms with Crippen molar-refractivity contribution in [1.29, 1.82) is 0 Å². The summed E-state index contributed by atoms with van der Waals surface area (Å²) >= 11 is 0. The summed E-state index contributed by atoms with van der Waals surface area (Å²) in [5, 5.41) is 3.45. The van der Waals surface area contributed by atoms with Crippen molar-refractivity contribution in [1.82, 2.24) is 20.3 Å². The maximum atomic E-state index is 4.50. The molecule has 1 fully saturated rings. The minimum atomic E-state index is 0.481. The fraction of sp³-hybridized carbons (Fsp3) is 0.389. The number of pyridine rings is 1. The third-order valence-corrected chi connectivity index (χ3v) is 4.16. The monoisotopic (exact) mass is 309 g/mol. The number of nitrogens with zero attached hydrogens (tertiary/aromatic N) is 4. The highest BCUT2D eigenvalue weighted by Gasteiger charge is 2.18. The van der Waals surface area contributed by atoms with Crippen LogP contribution < -0.4 is 10.2 Å². The summed E-state index contributed by atoms with van der Waals surface area (Å²) in [5.74, 6) is 1.43. The van der Waals surface area contributed by atoms with Crippen LogP contribution in [0.5, 0.6) is 0 Å². The molecule has 5 heteroatoms. The fourth-order valence-electron chi connectivity index (χ4n) is 2.97. The highest BCUT2D eigenvalue weighted by Crippen LogP contribution is 2.24. The average Bonchev–Trinajstić information content (AvgIpc) is 2.63. The van der Waals surface area contributed by atoms with Crippen LogP contribution in [0, 0.1) is 0 Å². The molecule has 0 spiro atoms. The number of piperidine rings is 1. The second-order valence-electron chi connectivity index (χ2n) is 5.87. The first-order valence-corrected chi connectivity index (χ1v) is 8.14. The van der Waals surface area contributed by atoms with Crippen LogP contribution in [0.15, 0.2) is 49.6 Å². The zero-order valence-electron chi connectivity index (χ0n) is 13.4. The molecule has 120 valence electrons. The quantitative estimate of drug-likeness (QED) is 0.831. The van der Waals surface area contributed by atoms with Crippen LogP contribution >= 0.6 is 0 Å². The molecular weight excluding hydrogens is 286 g/mol. The Morgan fingerprint density at radius 1 is 1.39 bits per heavy atom. The second-order valence-corrected chi connectivity index (χ2v) is 5.87. The Bertz CT molecular complexity index is 622. The van der Waals surface area contributed by atoms with Gasteiger partial charge >= 0.3 is 0 Å². The molecule has 0 amide bonds. The van der Waals surface area contributed by atoms with Crippen molar-refractivity contribution in [2.75, 3.05) is 24.5 Å². The summed E-state index contributed by atoms with van der Waals surface area (Å²) in [7, 11) is 0. The summed E-state index contributed by atoms with van der Waals surface area (Å²) in [6, 6.07) is 6.16. The van der Waals surface area contributed by atoms with E-state index in [1.165, 1.54) is 12.8 Å². The van der Waals surface area contributed by atoms with Crippen LogP contribution in [-0.2, 0) is 6.54 Å². The molecule has 23 heavy (non-hydrogen) atoms. The van der Waals surface area contributed by atoms with E-state index in [0.717, 1.165) is 43.3 Å². The Labute approximate surface area is 137 Å². The molecule has 5 nitrogen and oxygen atoms in total. The van der Waals surface area contributed by atoms with Crippen LogP contribution in [0.2, 0.25) is 0 Å². The van der Waals surface area contributed by atoms with Crippen LogP contribution in [0.3, 0.4) is 0 Å². The molecule has 0 bridgehead atoms. The van der Waals surface area contributed by atoms with E-state index in [4.69, 9.17) is 0 Å². The van der Waals surface area contributed by atoms with Crippen LogP contribution in [-0.4, -0.2) is 34.6 Å². The first-order valence-electron chi connectivity index (χ1n) is 8.14. The largest absolute Gasteiger partial charge is 0.348 e. The molecule has 3 heterocycles. The topological polar surface area (TPSA) is 53.9 Å². The molecule has 1 saturated heterocycles. The number of hydrogen-bond acceptors (Lipinski definition) is 5. The second kappa shape index (κ2) is 7.83. The van der Waals surface area contributed by atoms with Gasteiger partial charge in [0.1, 0.15) is 12.1 Å². The molecule has 0 unspecified atom stereocenters. The summed E-state index contributed by atoms with van der Waals surface area (Å²) < 4.78 is 0. The lowest BCUT2D eigenvalue weighted by Crippen LogP contribution is -2.29. The predicted molar refractivity (Wildman–Crippen MR) is 92.4 cm³/mol. The van der Waals surface area contributed by atoms with Gasteiger partial charge in [-0.2, -0.15) is 0 Å². The third-order valence-electron chi connectivity index (χ3n) is 4.16. The predicted octanol–water partition coefficient (Wildman–Crippen LogP) is 2.53. The standard InChI is InChI=1S/C18H23N5/c1-2-9-23(13-15-5-3-7-19-11-15)18-10-17(21-14-22-18)16-6-4-8-20-12-16/h2-3,5,7,10-11,14,16,20H,1,4,6,8-9,12-13H2/t16-/m0/s1. The van der Waals surface area contributed by atoms with Crippen molar-refractivity contribution < 1.29 is 0 Å². The summed E-state index contributed by atoms with van der Waals surface area (Å²) in [6.45, 7) is 7.49. The van der Waals surface area contributed by atoms with E-state index in [0.29, 0.717) is 5.92 Å². The number of rotatable bonds is 6. The SMILES string of the molecule is C=CCN(Cc1cccnc1)c1cc([C@H]2CCCNC2)ncn1. The number of hydrogen-bond donors (Lipinski definition) is 1. The Balaban J connectivity index is 1.80. The Morgan fingerprint density at radius 2 is 2.35 bits per heavy atom. The summed E-state index contributed by atoms with van der Waals surface area (Å²) in [4.78, 5) is 15.4. The summed E-state index contributed by atoms with van der Waals surface area (Å²) in [5.41, 5.74) is 2.29. The van der Waals surface area contributed by atoms with Gasteiger partial charge in [0.25, 0.3) is 0 Å². The normalized spacial score (nSPS) is 17.7. The minimum absolute atomic E-state index is 0.481. The molecule has 2 aromatic rings. The molecule has 0 aliphatic carbocycles. The minimum Gasteiger partial charge on any atom is -0.348 e. The maximum Gasteiger partial charge on any atom is 0.132 e. The Hall–Kier alpha value is -2.27. The molecule has 1 aliphatic rings. The van der Waals surface area contributed by atoms with Crippen molar-refractivity contribution in [3.8, 4) is 0 Å². The highest BCUT2D eigenvalue weighted by atomic mass is 15.2. The van der Waals surface area contributed by atoms with E-state index in [1.807, 2.05) is 18.3 Å². The fourth-order valence-corrected chi connectivity index (χ4v) is 2.97. The lowest BCUT2D eigenvalue weighted by molar-refractivity contribution is 0.454. The van der Waals surface area contributed by atoms with Crippen molar-refractivity contribution in [3.63, 3.8) is 0 Å². The first-order chi connectivity index (χ1) is 11.4. The molecule has 0 aromatic carbocycles. The van der Waals surface area contributed by atoms with Crippen molar-refractivity contribution >= 4 is 5.82 Å². The van der Waals surface area contributed by atoms with Gasteiger partial charge < -0.3 is 10.2 Å². The van der Waals surface area contributed by atoms with E-state index >= 15 is 0 Å². The number of aromatic nitrogens is 3. The molecule has 1 aliphatic heterocycles. The van der Waals surface area contributed by atoms with Crippen molar-refractivity contribution in [2.24, 2.45) is 0 Å². The van der Waals surface area contributed by atoms with Gasteiger partial charge in [-0.1, -0.05) is 12.1 Å². The molecule has 2 aromatic heterocycles. The average molecular weight is 309 g/mol. The van der Waals surface area contributed by atoms with Gasteiger partial charge in [0.15, 0.2) is 0 Å². The Kier molecular flexibility index (Phi) is 5.32.